The molecule has 1 fully saturated rings. The lowest BCUT2D eigenvalue weighted by molar-refractivity contribution is -0.139. The van der Waals surface area contributed by atoms with Gasteiger partial charge in [-0.05, 0) is 74.0 Å². The van der Waals surface area contributed by atoms with Crippen molar-refractivity contribution in [2.45, 2.75) is 39.3 Å². The number of hydrogen-bond donors (Lipinski definition) is 3. The average Bonchev–Trinajstić information content (AvgIpc) is 2.91. The molecule has 1 aliphatic heterocycles. The molecule has 0 radical (unpaired) electrons. The van der Waals surface area contributed by atoms with Gasteiger partial charge in [-0.25, -0.2) is 9.22 Å². The summed E-state index contributed by atoms with van der Waals surface area (Å²) in [6.07, 6.45) is -0.219. The summed E-state index contributed by atoms with van der Waals surface area (Å²) in [6, 6.07) is 18.9. The minimum Gasteiger partial charge on any atom is -0.481 e. The van der Waals surface area contributed by atoms with Gasteiger partial charge in [-0.3, -0.25) is 14.1 Å². The Morgan fingerprint density at radius 3 is 2.25 bits per heavy atom. The van der Waals surface area contributed by atoms with Crippen LogP contribution in [0.1, 0.15) is 48.7 Å². The van der Waals surface area contributed by atoms with Gasteiger partial charge in [0.25, 0.3) is 5.91 Å². The van der Waals surface area contributed by atoms with Crippen LogP contribution in [0.15, 0.2) is 60.7 Å². The molecule has 4 rings (SSSR count). The third-order valence-corrected chi connectivity index (χ3v) is 7.58. The van der Waals surface area contributed by atoms with Crippen LogP contribution in [-0.4, -0.2) is 73.4 Å². The number of benzene rings is 3. The molecule has 40 heavy (non-hydrogen) atoms. The van der Waals surface area contributed by atoms with Gasteiger partial charge in [0.05, 0.1) is 6.42 Å². The number of carbonyl (C=O) groups is 2. The highest BCUT2D eigenvalue weighted by Crippen LogP contribution is 2.22. The average molecular weight is 563 g/mol. The fraction of sp³-hybridized carbons (Fsp3) is 0.333. The molecule has 0 bridgehead atoms. The lowest BCUT2D eigenvalue weighted by Crippen LogP contribution is -2.57. The van der Waals surface area contributed by atoms with Crippen molar-refractivity contribution in [1.82, 2.24) is 14.7 Å². The Morgan fingerprint density at radius 2 is 1.62 bits per heavy atom. The summed E-state index contributed by atoms with van der Waals surface area (Å²) in [4.78, 5) is 25.9. The number of carbonyl (C=O) groups excluding carboxylic acids is 1. The number of rotatable bonds is 8. The molecular formula is C30H34N4O5S. The van der Waals surface area contributed by atoms with Crippen LogP contribution < -0.4 is 10.2 Å². The highest BCUT2D eigenvalue weighted by atomic mass is 32.2. The fourth-order valence-electron chi connectivity index (χ4n) is 4.80. The van der Waals surface area contributed by atoms with Crippen molar-refractivity contribution in [3.63, 3.8) is 0 Å². The largest absolute Gasteiger partial charge is 0.481 e. The van der Waals surface area contributed by atoms with E-state index in [0.29, 0.717) is 31.7 Å². The van der Waals surface area contributed by atoms with Crippen molar-refractivity contribution in [2.24, 2.45) is 0 Å². The zero-order valence-corrected chi connectivity index (χ0v) is 23.6. The number of amides is 1. The standard InChI is InChI=1S/C30H34N4O5S/c1-21(2)31-30(37)27-6-4-5-25-12-9-24(20-28(25)27)8-7-23-10-13-26(14-11-23)32-15-17-33(18-16-32)34(40(38)39)22(3)19-29(35)36/h4-6,9-14,20-22H,15-19H2,1-3H3,(H,31,37)(H,35,36)(H,38,39). The normalized spacial score (nSPS) is 15.5. The second kappa shape index (κ2) is 13.1. The summed E-state index contributed by atoms with van der Waals surface area (Å²) < 4.78 is 22.9. The predicted octanol–water partition coefficient (Wildman–Crippen LogP) is 3.72. The number of carboxylic acids is 1. The minimum absolute atomic E-state index is 0.0471. The van der Waals surface area contributed by atoms with Crippen LogP contribution in [-0.2, 0) is 16.1 Å². The van der Waals surface area contributed by atoms with E-state index in [-0.39, 0.29) is 18.4 Å². The summed E-state index contributed by atoms with van der Waals surface area (Å²) in [5.41, 5.74) is 3.33. The first-order valence-electron chi connectivity index (χ1n) is 13.2. The van der Waals surface area contributed by atoms with E-state index in [9.17, 15) is 18.4 Å². The Morgan fingerprint density at radius 1 is 0.975 bits per heavy atom. The maximum absolute atomic E-state index is 12.7. The van der Waals surface area contributed by atoms with Gasteiger partial charge in [-0.1, -0.05) is 30.0 Å². The molecule has 0 saturated carbocycles. The van der Waals surface area contributed by atoms with Crippen molar-refractivity contribution >= 4 is 39.6 Å². The molecule has 0 aromatic heterocycles. The molecule has 3 N–H and O–H groups in total. The monoisotopic (exact) mass is 562 g/mol. The number of anilines is 1. The molecule has 10 heteroatoms. The maximum atomic E-state index is 12.7. The maximum Gasteiger partial charge on any atom is 0.305 e. The van der Waals surface area contributed by atoms with Crippen LogP contribution in [0, 0.1) is 11.8 Å². The van der Waals surface area contributed by atoms with Crippen molar-refractivity contribution in [1.29, 1.82) is 0 Å². The van der Waals surface area contributed by atoms with E-state index in [1.807, 2.05) is 74.5 Å². The van der Waals surface area contributed by atoms with Gasteiger partial charge in [0.15, 0.2) is 0 Å². The Kier molecular flexibility index (Phi) is 9.55. The lowest BCUT2D eigenvalue weighted by atomic mass is 10.0. The first-order chi connectivity index (χ1) is 19.1. The van der Waals surface area contributed by atoms with E-state index in [4.69, 9.17) is 5.11 Å². The van der Waals surface area contributed by atoms with Crippen molar-refractivity contribution in [3.8, 4) is 11.8 Å². The van der Waals surface area contributed by atoms with E-state index in [2.05, 4.69) is 22.1 Å². The molecule has 0 spiro atoms. The van der Waals surface area contributed by atoms with Crippen LogP contribution in [0.5, 0.6) is 0 Å². The Bertz CT molecular complexity index is 1460. The van der Waals surface area contributed by atoms with Gasteiger partial charge in [-0.2, -0.15) is 0 Å². The van der Waals surface area contributed by atoms with Crippen molar-refractivity contribution in [3.05, 3.63) is 77.4 Å². The van der Waals surface area contributed by atoms with Crippen LogP contribution in [0.4, 0.5) is 5.69 Å². The number of nitrogens with zero attached hydrogens (tertiary/aromatic N) is 3. The smallest absolute Gasteiger partial charge is 0.305 e. The summed E-state index contributed by atoms with van der Waals surface area (Å²) in [5.74, 6) is 5.30. The highest BCUT2D eigenvalue weighted by Gasteiger charge is 2.30. The van der Waals surface area contributed by atoms with E-state index in [1.54, 1.807) is 11.9 Å². The van der Waals surface area contributed by atoms with Crippen LogP contribution in [0.2, 0.25) is 0 Å². The van der Waals surface area contributed by atoms with Gasteiger partial charge in [-0.15, -0.1) is 4.41 Å². The summed E-state index contributed by atoms with van der Waals surface area (Å²) in [5, 5.41) is 15.6. The molecule has 1 saturated heterocycles. The topological polar surface area (TPSA) is 113 Å². The Labute approximate surface area is 237 Å². The minimum atomic E-state index is -2.30. The van der Waals surface area contributed by atoms with Crippen LogP contribution in [0.25, 0.3) is 10.8 Å². The Balaban J connectivity index is 1.43. The summed E-state index contributed by atoms with van der Waals surface area (Å²) >= 11 is -2.30. The van der Waals surface area contributed by atoms with Crippen molar-refractivity contribution in [2.75, 3.05) is 31.1 Å². The third-order valence-electron chi connectivity index (χ3n) is 6.67. The zero-order valence-electron chi connectivity index (χ0n) is 22.8. The van der Waals surface area contributed by atoms with Gasteiger partial charge < -0.3 is 15.3 Å². The summed E-state index contributed by atoms with van der Waals surface area (Å²) in [7, 11) is 0. The van der Waals surface area contributed by atoms with Gasteiger partial charge in [0, 0.05) is 60.6 Å². The van der Waals surface area contributed by atoms with Crippen molar-refractivity contribution < 1.29 is 23.5 Å². The number of hydrazine groups is 1. The Hall–Kier alpha value is -3.75. The second-order valence-corrected chi connectivity index (χ2v) is 10.9. The predicted molar refractivity (Wildman–Crippen MR) is 157 cm³/mol. The number of piperazine rings is 1. The molecule has 1 aliphatic rings. The van der Waals surface area contributed by atoms with Gasteiger partial charge >= 0.3 is 5.97 Å². The van der Waals surface area contributed by atoms with Gasteiger partial charge in [0.2, 0.25) is 11.3 Å². The lowest BCUT2D eigenvalue weighted by Gasteiger charge is -2.41. The number of hydrogen-bond acceptors (Lipinski definition) is 5. The second-order valence-electron chi connectivity index (χ2n) is 10.1. The van der Waals surface area contributed by atoms with E-state index < -0.39 is 23.3 Å². The molecule has 210 valence electrons. The summed E-state index contributed by atoms with van der Waals surface area (Å²) in [6.45, 7) is 7.75. The van der Waals surface area contributed by atoms with Crippen LogP contribution >= 0.6 is 0 Å². The molecule has 1 amide bonds. The molecule has 2 unspecified atom stereocenters. The molecule has 3 aromatic carbocycles. The SMILES string of the molecule is CC(C)NC(=O)c1cccc2ccc(C#Cc3ccc(N4CCN(N(C(C)CC(=O)O)S(=O)O)CC4)cc3)cc12. The highest BCUT2D eigenvalue weighted by molar-refractivity contribution is 7.76. The molecule has 9 nitrogen and oxygen atoms in total. The molecule has 1 heterocycles. The zero-order chi connectivity index (χ0) is 28.8. The fourth-order valence-corrected chi connectivity index (χ4v) is 5.55. The number of fused-ring (bicyclic) bond motifs is 1. The van der Waals surface area contributed by atoms with Crippen LogP contribution in [0.3, 0.4) is 0 Å². The van der Waals surface area contributed by atoms with Gasteiger partial charge in [0.1, 0.15) is 0 Å². The van der Waals surface area contributed by atoms with E-state index in [1.165, 1.54) is 4.41 Å². The number of carboxylic acid groups (broad SMARTS) is 1. The molecular weight excluding hydrogens is 528 g/mol. The first kappa shape index (κ1) is 29.2. The molecule has 0 aliphatic carbocycles. The molecule has 2 atom stereocenters. The molecule has 3 aromatic rings. The quantitative estimate of drug-likeness (QED) is 0.283. The van der Waals surface area contributed by atoms with E-state index >= 15 is 0 Å². The first-order valence-corrected chi connectivity index (χ1v) is 14.3. The third kappa shape index (κ3) is 7.25. The number of nitrogens with one attached hydrogen (secondary N) is 1. The van der Waals surface area contributed by atoms with E-state index in [0.717, 1.165) is 27.6 Å². The number of aliphatic carboxylic acids is 1.